The van der Waals surface area contributed by atoms with Crippen LogP contribution in [0.4, 0.5) is 5.69 Å². The molecule has 7 heteroatoms. The molecule has 0 saturated carbocycles. The molecule has 2 amide bonds. The number of nitrogens with zero attached hydrogens (tertiary/aromatic N) is 1. The summed E-state index contributed by atoms with van der Waals surface area (Å²) in [5.41, 5.74) is 3.18. The van der Waals surface area contributed by atoms with Gasteiger partial charge >= 0.3 is 0 Å². The Kier molecular flexibility index (Phi) is 7.74. The van der Waals surface area contributed by atoms with Crippen molar-refractivity contribution in [3.63, 3.8) is 0 Å². The van der Waals surface area contributed by atoms with E-state index in [1.54, 1.807) is 0 Å². The second-order valence-electron chi connectivity index (χ2n) is 7.01. The lowest BCUT2D eigenvalue weighted by Crippen LogP contribution is -2.31. The highest BCUT2D eigenvalue weighted by Gasteiger charge is 2.30. The first-order valence-electron chi connectivity index (χ1n) is 10.2. The van der Waals surface area contributed by atoms with Crippen molar-refractivity contribution in [1.82, 2.24) is 5.32 Å². The fraction of sp³-hybridized carbons (Fsp3) is 0.292. The number of allylic oxidation sites excluding steroid dienone is 1. The molecule has 1 atom stereocenters. The Bertz CT molecular complexity index is 1030. The van der Waals surface area contributed by atoms with Gasteiger partial charge in [-0.3, -0.25) is 9.59 Å². The largest absolute Gasteiger partial charge is 0.494 e. The average molecular weight is 436 g/mol. The molecule has 1 heterocycles. The summed E-state index contributed by atoms with van der Waals surface area (Å²) in [5.74, 6) is 0.133. The van der Waals surface area contributed by atoms with Crippen molar-refractivity contribution in [3.05, 3.63) is 70.3 Å². The highest BCUT2D eigenvalue weighted by molar-refractivity contribution is 8.03. The van der Waals surface area contributed by atoms with Gasteiger partial charge in [-0.15, -0.1) is 0 Å². The molecular weight excluding hydrogens is 410 g/mol. The number of nitriles is 1. The third kappa shape index (κ3) is 5.68. The molecule has 0 unspecified atom stereocenters. The lowest BCUT2D eigenvalue weighted by molar-refractivity contribution is -0.121. The van der Waals surface area contributed by atoms with Crippen molar-refractivity contribution in [1.29, 1.82) is 5.26 Å². The van der Waals surface area contributed by atoms with Gasteiger partial charge in [-0.25, -0.2) is 0 Å². The SMILES string of the molecule is CCOc1ccc([C@H]2CC(=O)NC(SCC(=O)Nc3ccccc3CC)=C2C#N)cc1. The Hall–Kier alpha value is -3.24. The zero-order valence-electron chi connectivity index (χ0n) is 17.6. The quantitative estimate of drug-likeness (QED) is 0.643. The van der Waals surface area contributed by atoms with E-state index in [0.717, 1.165) is 29.0 Å². The first-order chi connectivity index (χ1) is 15.0. The fourth-order valence-corrected chi connectivity index (χ4v) is 4.33. The number of carbonyl (C=O) groups excluding carboxylic acids is 2. The summed E-state index contributed by atoms with van der Waals surface area (Å²) in [4.78, 5) is 24.8. The highest BCUT2D eigenvalue weighted by Crippen LogP contribution is 2.36. The van der Waals surface area contributed by atoms with Gasteiger partial charge in [0, 0.05) is 18.0 Å². The predicted octanol–water partition coefficient (Wildman–Crippen LogP) is 4.36. The molecule has 0 fully saturated rings. The van der Waals surface area contributed by atoms with Crippen LogP contribution in [0.15, 0.2) is 59.1 Å². The summed E-state index contributed by atoms with van der Waals surface area (Å²) in [6.45, 7) is 4.51. The van der Waals surface area contributed by atoms with E-state index in [1.165, 1.54) is 11.8 Å². The monoisotopic (exact) mass is 435 g/mol. The maximum absolute atomic E-state index is 12.5. The number of amides is 2. The number of anilines is 1. The molecule has 6 nitrogen and oxygen atoms in total. The van der Waals surface area contributed by atoms with E-state index in [-0.39, 0.29) is 29.9 Å². The van der Waals surface area contributed by atoms with Crippen LogP contribution in [-0.4, -0.2) is 24.2 Å². The number of hydrogen-bond acceptors (Lipinski definition) is 5. The lowest BCUT2D eigenvalue weighted by Gasteiger charge is -2.25. The molecule has 31 heavy (non-hydrogen) atoms. The van der Waals surface area contributed by atoms with E-state index in [1.807, 2.05) is 62.4 Å². The van der Waals surface area contributed by atoms with Crippen LogP contribution >= 0.6 is 11.8 Å². The van der Waals surface area contributed by atoms with Crippen LogP contribution < -0.4 is 15.4 Å². The summed E-state index contributed by atoms with van der Waals surface area (Å²) < 4.78 is 5.47. The minimum absolute atomic E-state index is 0.0921. The number of thioether (sulfide) groups is 1. The molecule has 0 saturated heterocycles. The van der Waals surface area contributed by atoms with Crippen molar-refractivity contribution in [2.24, 2.45) is 0 Å². The number of benzene rings is 2. The Labute approximate surface area is 186 Å². The van der Waals surface area contributed by atoms with Crippen molar-refractivity contribution in [2.75, 3.05) is 17.7 Å². The minimum atomic E-state index is -0.346. The highest BCUT2D eigenvalue weighted by atomic mass is 32.2. The summed E-state index contributed by atoms with van der Waals surface area (Å²) in [5, 5.41) is 15.9. The van der Waals surface area contributed by atoms with Crippen molar-refractivity contribution < 1.29 is 14.3 Å². The number of hydrogen-bond donors (Lipinski definition) is 2. The molecule has 160 valence electrons. The summed E-state index contributed by atoms with van der Waals surface area (Å²) in [6.07, 6.45) is 1.00. The van der Waals surface area contributed by atoms with Crippen LogP contribution in [0.5, 0.6) is 5.75 Å². The molecular formula is C24H25N3O3S. The number of rotatable bonds is 8. The van der Waals surface area contributed by atoms with Gasteiger partial charge in [0.2, 0.25) is 11.8 Å². The Morgan fingerprint density at radius 1 is 1.23 bits per heavy atom. The summed E-state index contributed by atoms with van der Waals surface area (Å²) >= 11 is 1.17. The molecule has 1 aliphatic heterocycles. The van der Waals surface area contributed by atoms with Gasteiger partial charge in [0.1, 0.15) is 5.75 Å². The van der Waals surface area contributed by atoms with Gasteiger partial charge in [0.25, 0.3) is 0 Å². The number of carbonyl (C=O) groups is 2. The third-order valence-corrected chi connectivity index (χ3v) is 5.99. The molecule has 0 aliphatic carbocycles. The second kappa shape index (κ2) is 10.7. The van der Waals surface area contributed by atoms with E-state index in [0.29, 0.717) is 17.2 Å². The second-order valence-corrected chi connectivity index (χ2v) is 7.99. The third-order valence-electron chi connectivity index (χ3n) is 4.97. The van der Waals surface area contributed by atoms with Gasteiger partial charge < -0.3 is 15.4 Å². The minimum Gasteiger partial charge on any atom is -0.494 e. The van der Waals surface area contributed by atoms with Crippen LogP contribution in [0.25, 0.3) is 0 Å². The topological polar surface area (TPSA) is 91.2 Å². The van der Waals surface area contributed by atoms with Crippen LogP contribution in [0.3, 0.4) is 0 Å². The zero-order valence-corrected chi connectivity index (χ0v) is 18.4. The number of nitrogens with one attached hydrogen (secondary N) is 2. The fourth-order valence-electron chi connectivity index (χ4n) is 3.46. The first kappa shape index (κ1) is 22.4. The van der Waals surface area contributed by atoms with Crippen molar-refractivity contribution in [3.8, 4) is 11.8 Å². The molecule has 0 spiro atoms. The van der Waals surface area contributed by atoms with Gasteiger partial charge in [-0.2, -0.15) is 5.26 Å². The lowest BCUT2D eigenvalue weighted by atomic mass is 9.87. The van der Waals surface area contributed by atoms with E-state index in [2.05, 4.69) is 16.7 Å². The Morgan fingerprint density at radius 3 is 2.65 bits per heavy atom. The first-order valence-corrected chi connectivity index (χ1v) is 11.2. The Morgan fingerprint density at radius 2 is 1.97 bits per heavy atom. The molecule has 2 N–H and O–H groups in total. The van der Waals surface area contributed by atoms with E-state index in [4.69, 9.17) is 4.74 Å². The molecule has 0 aromatic heterocycles. The Balaban J connectivity index is 1.74. The molecule has 2 aromatic rings. The van der Waals surface area contributed by atoms with E-state index < -0.39 is 0 Å². The molecule has 2 aromatic carbocycles. The molecule has 0 radical (unpaired) electrons. The van der Waals surface area contributed by atoms with Crippen LogP contribution in [0, 0.1) is 11.3 Å². The molecule has 0 bridgehead atoms. The van der Waals surface area contributed by atoms with Gasteiger partial charge in [-0.05, 0) is 42.7 Å². The van der Waals surface area contributed by atoms with E-state index in [9.17, 15) is 14.9 Å². The van der Waals surface area contributed by atoms with Crippen molar-refractivity contribution >= 4 is 29.3 Å². The summed E-state index contributed by atoms with van der Waals surface area (Å²) in [6, 6.07) is 17.3. The smallest absolute Gasteiger partial charge is 0.234 e. The maximum Gasteiger partial charge on any atom is 0.234 e. The normalized spacial score (nSPS) is 15.8. The van der Waals surface area contributed by atoms with Crippen molar-refractivity contribution in [2.45, 2.75) is 32.6 Å². The average Bonchev–Trinajstić information content (AvgIpc) is 2.78. The van der Waals surface area contributed by atoms with Gasteiger partial charge in [0.05, 0.1) is 29.0 Å². The summed E-state index contributed by atoms with van der Waals surface area (Å²) in [7, 11) is 0. The van der Waals surface area contributed by atoms with Gasteiger partial charge in [-0.1, -0.05) is 49.0 Å². The van der Waals surface area contributed by atoms with Crippen LogP contribution in [0.2, 0.25) is 0 Å². The number of para-hydroxylation sites is 1. The predicted molar refractivity (Wildman–Crippen MR) is 123 cm³/mol. The molecule has 3 rings (SSSR count). The zero-order chi connectivity index (χ0) is 22.2. The van der Waals surface area contributed by atoms with E-state index >= 15 is 0 Å². The van der Waals surface area contributed by atoms with Crippen LogP contribution in [0.1, 0.15) is 37.3 Å². The van der Waals surface area contributed by atoms with Crippen LogP contribution in [-0.2, 0) is 16.0 Å². The number of aryl methyl sites for hydroxylation is 1. The number of ether oxygens (including phenoxy) is 1. The van der Waals surface area contributed by atoms with Gasteiger partial charge in [0.15, 0.2) is 0 Å². The maximum atomic E-state index is 12.5. The standard InChI is InChI=1S/C24H25N3O3S/c1-3-16-7-5-6-8-21(16)26-23(29)15-31-24-20(14-25)19(13-22(28)27-24)17-9-11-18(12-10-17)30-4-2/h5-12,19H,3-4,13,15H2,1-2H3,(H,26,29)(H,27,28)/t19-/m1/s1. The molecule has 1 aliphatic rings.